The number of benzene rings is 4. The summed E-state index contributed by atoms with van der Waals surface area (Å²) in [5, 5.41) is 0. The number of H-pyrrole nitrogens is 2. The fraction of sp³-hybridized carbons (Fsp3) is 0. The van der Waals surface area contributed by atoms with Gasteiger partial charge in [-0.1, -0.05) is 54.6 Å². The molecule has 2 N–H and O–H groups in total. The lowest BCUT2D eigenvalue weighted by atomic mass is 10.1. The van der Waals surface area contributed by atoms with E-state index in [1.807, 2.05) is 91.0 Å². The number of fused-ring (bicyclic) bond motifs is 3. The topological polar surface area (TPSA) is 83.1 Å². The van der Waals surface area contributed by atoms with Gasteiger partial charge in [0.15, 0.2) is 5.82 Å². The molecule has 34 heavy (non-hydrogen) atoms. The van der Waals surface area contributed by atoms with Crippen molar-refractivity contribution in [1.82, 2.24) is 29.9 Å². The highest BCUT2D eigenvalue weighted by atomic mass is 15.0. The molecule has 160 valence electrons. The van der Waals surface area contributed by atoms with E-state index in [0.29, 0.717) is 5.82 Å². The van der Waals surface area contributed by atoms with Gasteiger partial charge in [-0.3, -0.25) is 0 Å². The maximum absolute atomic E-state index is 4.95. The Hall–Kier alpha value is -4.84. The molecule has 4 aromatic carbocycles. The molecule has 0 radical (unpaired) electrons. The molecule has 6 nitrogen and oxygen atoms in total. The number of rotatable bonds is 3. The molecule has 0 fully saturated rings. The minimum Gasteiger partial charge on any atom is -0.338 e. The maximum Gasteiger partial charge on any atom is 0.159 e. The Balaban J connectivity index is 1.40. The predicted molar refractivity (Wildman–Crippen MR) is 135 cm³/mol. The van der Waals surface area contributed by atoms with Crippen molar-refractivity contribution in [2.24, 2.45) is 0 Å². The normalized spacial score (nSPS) is 11.5. The van der Waals surface area contributed by atoms with Crippen LogP contribution in [0.25, 0.3) is 67.3 Å². The molecule has 7 rings (SSSR count). The lowest BCUT2D eigenvalue weighted by molar-refractivity contribution is 1.23. The van der Waals surface area contributed by atoms with Gasteiger partial charge in [0.25, 0.3) is 0 Å². The summed E-state index contributed by atoms with van der Waals surface area (Å²) in [5.74, 6) is 1.52. The highest BCUT2D eigenvalue weighted by Crippen LogP contribution is 2.31. The van der Waals surface area contributed by atoms with Crippen molar-refractivity contribution in [3.05, 3.63) is 97.1 Å². The zero-order valence-corrected chi connectivity index (χ0v) is 18.0. The molecule has 6 heteroatoms. The second-order valence-corrected chi connectivity index (χ2v) is 8.20. The Labute approximate surface area is 194 Å². The molecule has 0 aliphatic heterocycles. The van der Waals surface area contributed by atoms with E-state index >= 15 is 0 Å². The Kier molecular flexibility index (Phi) is 4.04. The highest BCUT2D eigenvalue weighted by Gasteiger charge is 2.17. The second-order valence-electron chi connectivity index (χ2n) is 8.20. The quantitative estimate of drug-likeness (QED) is 0.335. The second kappa shape index (κ2) is 7.35. The molecule has 0 saturated heterocycles. The Morgan fingerprint density at radius 1 is 0.412 bits per heavy atom. The standard InChI is InChI=1S/C28H18N6/c1-2-8-17(9-3-1)25-26(30-20-11-5-4-10-19(20)29-25)28-33-23-15-14-18(16-24(23)34-28)27-31-21-12-6-7-13-22(21)32-27/h1-16H,(H,31,32)(H,33,34). The molecule has 3 aromatic heterocycles. The Morgan fingerprint density at radius 2 is 1.03 bits per heavy atom. The Bertz CT molecular complexity index is 1780. The zero-order valence-electron chi connectivity index (χ0n) is 18.0. The maximum atomic E-state index is 4.95. The van der Waals surface area contributed by atoms with Gasteiger partial charge in [-0.2, -0.15) is 0 Å². The van der Waals surface area contributed by atoms with E-state index in [-0.39, 0.29) is 0 Å². The first-order valence-corrected chi connectivity index (χ1v) is 11.1. The van der Waals surface area contributed by atoms with Gasteiger partial charge < -0.3 is 9.97 Å². The van der Waals surface area contributed by atoms with Gasteiger partial charge in [-0.25, -0.2) is 19.9 Å². The number of para-hydroxylation sites is 4. The average Bonchev–Trinajstić information content (AvgIpc) is 3.52. The van der Waals surface area contributed by atoms with Crippen molar-refractivity contribution in [2.45, 2.75) is 0 Å². The van der Waals surface area contributed by atoms with Gasteiger partial charge >= 0.3 is 0 Å². The number of hydrogen-bond donors (Lipinski definition) is 2. The van der Waals surface area contributed by atoms with Crippen molar-refractivity contribution >= 4 is 33.1 Å². The van der Waals surface area contributed by atoms with Crippen LogP contribution in [0.5, 0.6) is 0 Å². The van der Waals surface area contributed by atoms with Crippen LogP contribution in [0.3, 0.4) is 0 Å². The number of hydrogen-bond acceptors (Lipinski definition) is 4. The van der Waals surface area contributed by atoms with Gasteiger partial charge in [0.1, 0.15) is 17.2 Å². The number of imidazole rings is 2. The molecule has 7 aromatic rings. The van der Waals surface area contributed by atoms with Gasteiger partial charge in [-0.05, 0) is 42.5 Å². The van der Waals surface area contributed by atoms with Gasteiger partial charge in [0.2, 0.25) is 0 Å². The zero-order chi connectivity index (χ0) is 22.5. The summed E-state index contributed by atoms with van der Waals surface area (Å²) in [4.78, 5) is 26.4. The summed E-state index contributed by atoms with van der Waals surface area (Å²) >= 11 is 0. The minimum absolute atomic E-state index is 0.689. The number of nitrogens with zero attached hydrogens (tertiary/aromatic N) is 4. The number of aromatic nitrogens is 6. The first-order valence-electron chi connectivity index (χ1n) is 11.1. The molecule has 0 spiro atoms. The molecule has 0 aliphatic rings. The third-order valence-electron chi connectivity index (χ3n) is 5.99. The monoisotopic (exact) mass is 438 g/mol. The average molecular weight is 438 g/mol. The van der Waals surface area contributed by atoms with Crippen LogP contribution in [0.15, 0.2) is 97.1 Å². The summed E-state index contributed by atoms with van der Waals surface area (Å²) in [6, 6.07) is 32.2. The summed E-state index contributed by atoms with van der Waals surface area (Å²) in [6.07, 6.45) is 0. The summed E-state index contributed by atoms with van der Waals surface area (Å²) < 4.78 is 0. The first-order chi connectivity index (χ1) is 16.8. The molecule has 0 amide bonds. The summed E-state index contributed by atoms with van der Waals surface area (Å²) in [5.41, 5.74) is 8.96. The molecule has 0 saturated carbocycles. The summed E-state index contributed by atoms with van der Waals surface area (Å²) in [6.45, 7) is 0. The minimum atomic E-state index is 0.689. The van der Waals surface area contributed by atoms with Crippen LogP contribution in [0.4, 0.5) is 0 Å². The first kappa shape index (κ1) is 18.7. The summed E-state index contributed by atoms with van der Waals surface area (Å²) in [7, 11) is 0. The van der Waals surface area contributed by atoms with E-state index in [0.717, 1.165) is 61.4 Å². The van der Waals surface area contributed by atoms with Gasteiger partial charge in [-0.15, -0.1) is 0 Å². The highest BCUT2D eigenvalue weighted by molar-refractivity contribution is 5.89. The van der Waals surface area contributed by atoms with Crippen LogP contribution < -0.4 is 0 Å². The van der Waals surface area contributed by atoms with Gasteiger partial charge in [0, 0.05) is 11.1 Å². The lowest BCUT2D eigenvalue weighted by Crippen LogP contribution is -1.96. The van der Waals surface area contributed by atoms with E-state index in [1.54, 1.807) is 0 Å². The molecule has 0 unspecified atom stereocenters. The van der Waals surface area contributed by atoms with Crippen molar-refractivity contribution in [3.63, 3.8) is 0 Å². The SMILES string of the molecule is c1ccc(-c2nc3ccccc3nc2-c2nc3ccc(-c4nc5ccccc5[nH]4)cc3[nH]2)cc1. The predicted octanol–water partition coefficient (Wildman–Crippen LogP) is 6.38. The van der Waals surface area contributed by atoms with Crippen LogP contribution in [-0.2, 0) is 0 Å². The molecule has 0 aliphatic carbocycles. The van der Waals surface area contributed by atoms with Crippen LogP contribution >= 0.6 is 0 Å². The number of aromatic amines is 2. The third kappa shape index (κ3) is 3.04. The van der Waals surface area contributed by atoms with Crippen LogP contribution in [0.2, 0.25) is 0 Å². The van der Waals surface area contributed by atoms with Crippen molar-refractivity contribution in [1.29, 1.82) is 0 Å². The molecule has 3 heterocycles. The molecular weight excluding hydrogens is 420 g/mol. The van der Waals surface area contributed by atoms with E-state index in [2.05, 4.69) is 16.0 Å². The van der Waals surface area contributed by atoms with Crippen LogP contribution in [-0.4, -0.2) is 29.9 Å². The van der Waals surface area contributed by atoms with E-state index in [4.69, 9.17) is 19.9 Å². The van der Waals surface area contributed by atoms with Crippen molar-refractivity contribution in [2.75, 3.05) is 0 Å². The van der Waals surface area contributed by atoms with Crippen molar-refractivity contribution in [3.8, 4) is 34.2 Å². The van der Waals surface area contributed by atoms with Crippen LogP contribution in [0.1, 0.15) is 0 Å². The molecular formula is C28H18N6. The largest absolute Gasteiger partial charge is 0.338 e. The molecule has 0 bridgehead atoms. The third-order valence-corrected chi connectivity index (χ3v) is 5.99. The van der Waals surface area contributed by atoms with Crippen molar-refractivity contribution < 1.29 is 0 Å². The number of nitrogens with one attached hydrogen (secondary N) is 2. The smallest absolute Gasteiger partial charge is 0.159 e. The van der Waals surface area contributed by atoms with E-state index < -0.39 is 0 Å². The fourth-order valence-electron chi connectivity index (χ4n) is 4.32. The van der Waals surface area contributed by atoms with Crippen LogP contribution in [0, 0.1) is 0 Å². The molecule has 0 atom stereocenters. The van der Waals surface area contributed by atoms with Gasteiger partial charge in [0.05, 0.1) is 33.1 Å². The van der Waals surface area contributed by atoms with E-state index in [1.165, 1.54) is 0 Å². The lowest BCUT2D eigenvalue weighted by Gasteiger charge is -2.08. The fourth-order valence-corrected chi connectivity index (χ4v) is 4.32. The Morgan fingerprint density at radius 3 is 1.82 bits per heavy atom. The van der Waals surface area contributed by atoms with E-state index in [9.17, 15) is 0 Å².